The van der Waals surface area contributed by atoms with Gasteiger partial charge < -0.3 is 5.32 Å². The van der Waals surface area contributed by atoms with Gasteiger partial charge in [0.05, 0.1) is 0 Å². The molecule has 86 valence electrons. The smallest absolute Gasteiger partial charge is 0.0309 e. The van der Waals surface area contributed by atoms with Crippen molar-refractivity contribution >= 4 is 0 Å². The molecule has 15 heavy (non-hydrogen) atoms. The molecule has 1 heterocycles. The minimum Gasteiger partial charge on any atom is -0.308 e. The van der Waals surface area contributed by atoms with Crippen LogP contribution in [0.2, 0.25) is 0 Å². The Hall–Kier alpha value is -0.340. The summed E-state index contributed by atoms with van der Waals surface area (Å²) in [6.45, 7) is 10.8. The predicted octanol–water partition coefficient (Wildman–Crippen LogP) is 2.17. The fraction of sp³-hybridized carbons (Fsp3) is 0.846. The van der Waals surface area contributed by atoms with Gasteiger partial charge in [0, 0.05) is 30.7 Å². The first-order valence-corrected chi connectivity index (χ1v) is 6.30. The lowest BCUT2D eigenvalue weighted by Crippen LogP contribution is -2.63. The predicted molar refractivity (Wildman–Crippen MR) is 65.0 cm³/mol. The van der Waals surface area contributed by atoms with E-state index < -0.39 is 0 Å². The third-order valence-corrected chi connectivity index (χ3v) is 4.25. The molecule has 2 atom stereocenters. The Bertz CT molecular complexity index is 231. The van der Waals surface area contributed by atoms with Crippen LogP contribution in [0, 0.1) is 0 Å². The first-order valence-electron chi connectivity index (χ1n) is 6.30. The first kappa shape index (κ1) is 11.2. The zero-order chi connectivity index (χ0) is 10.9. The summed E-state index contributed by atoms with van der Waals surface area (Å²) in [5, 5.41) is 3.78. The van der Waals surface area contributed by atoms with E-state index in [-0.39, 0.29) is 0 Å². The molecule has 0 aromatic rings. The fourth-order valence-corrected chi connectivity index (χ4v) is 3.11. The monoisotopic (exact) mass is 208 g/mol. The lowest BCUT2D eigenvalue weighted by atomic mass is 9.91. The third-order valence-electron chi connectivity index (χ3n) is 4.25. The second-order valence-electron chi connectivity index (χ2n) is 5.37. The van der Waals surface area contributed by atoms with Crippen molar-refractivity contribution in [3.63, 3.8) is 0 Å². The van der Waals surface area contributed by atoms with Crippen LogP contribution in [0.3, 0.4) is 0 Å². The average molecular weight is 208 g/mol. The van der Waals surface area contributed by atoms with Crippen molar-refractivity contribution in [2.75, 3.05) is 13.1 Å². The van der Waals surface area contributed by atoms with Crippen molar-refractivity contribution in [2.45, 2.75) is 57.2 Å². The van der Waals surface area contributed by atoms with Crippen molar-refractivity contribution in [1.82, 2.24) is 10.2 Å². The first-order chi connectivity index (χ1) is 7.17. The van der Waals surface area contributed by atoms with Gasteiger partial charge in [-0.2, -0.15) is 0 Å². The van der Waals surface area contributed by atoms with E-state index in [2.05, 4.69) is 36.7 Å². The molecule has 1 aliphatic carbocycles. The molecule has 1 spiro atoms. The summed E-state index contributed by atoms with van der Waals surface area (Å²) in [4.78, 5) is 2.61. The zero-order valence-corrected chi connectivity index (χ0v) is 10.1. The lowest BCUT2D eigenvalue weighted by Gasteiger charge is -2.47. The van der Waals surface area contributed by atoms with Crippen LogP contribution in [0.15, 0.2) is 12.7 Å². The van der Waals surface area contributed by atoms with Gasteiger partial charge in [0.2, 0.25) is 0 Å². The Morgan fingerprint density at radius 2 is 2.13 bits per heavy atom. The summed E-state index contributed by atoms with van der Waals surface area (Å²) in [5.74, 6) is 0. The zero-order valence-electron chi connectivity index (χ0n) is 10.1. The summed E-state index contributed by atoms with van der Waals surface area (Å²) in [5.41, 5.74) is 0.434. The van der Waals surface area contributed by atoms with E-state index in [1.54, 1.807) is 0 Å². The summed E-state index contributed by atoms with van der Waals surface area (Å²) in [7, 11) is 0. The molecule has 2 fully saturated rings. The molecule has 0 aromatic heterocycles. The molecule has 1 N–H and O–H groups in total. The number of hydrogen-bond acceptors (Lipinski definition) is 2. The van der Waals surface area contributed by atoms with Crippen LogP contribution in [-0.4, -0.2) is 35.6 Å². The van der Waals surface area contributed by atoms with Gasteiger partial charge in [-0.15, -0.1) is 6.58 Å². The molecule has 0 amide bonds. The number of nitrogens with one attached hydrogen (secondary N) is 1. The highest BCUT2D eigenvalue weighted by Gasteiger charge is 2.40. The van der Waals surface area contributed by atoms with Crippen molar-refractivity contribution in [3.8, 4) is 0 Å². The lowest BCUT2D eigenvalue weighted by molar-refractivity contribution is 0.0722. The minimum absolute atomic E-state index is 0.434. The number of rotatable bonds is 2. The highest BCUT2D eigenvalue weighted by molar-refractivity contribution is 5.03. The van der Waals surface area contributed by atoms with Gasteiger partial charge in [0.15, 0.2) is 0 Å². The van der Waals surface area contributed by atoms with E-state index in [0.29, 0.717) is 17.6 Å². The van der Waals surface area contributed by atoms with E-state index in [9.17, 15) is 0 Å². The van der Waals surface area contributed by atoms with Crippen LogP contribution in [0.25, 0.3) is 0 Å². The maximum atomic E-state index is 3.92. The molecule has 1 aliphatic heterocycles. The van der Waals surface area contributed by atoms with Crippen molar-refractivity contribution in [3.05, 3.63) is 12.7 Å². The van der Waals surface area contributed by atoms with Gasteiger partial charge in [-0.3, -0.25) is 4.90 Å². The number of piperazine rings is 1. The Labute approximate surface area is 93.7 Å². The quantitative estimate of drug-likeness (QED) is 0.700. The fourth-order valence-electron chi connectivity index (χ4n) is 3.11. The molecule has 2 rings (SSSR count). The molecule has 1 saturated carbocycles. The Morgan fingerprint density at radius 3 is 2.73 bits per heavy atom. The van der Waals surface area contributed by atoms with Gasteiger partial charge in [-0.25, -0.2) is 0 Å². The van der Waals surface area contributed by atoms with E-state index in [0.717, 1.165) is 6.54 Å². The minimum atomic E-state index is 0.434. The summed E-state index contributed by atoms with van der Waals surface area (Å²) in [6, 6.07) is 1.16. The highest BCUT2D eigenvalue weighted by atomic mass is 15.3. The molecule has 2 unspecified atom stereocenters. The Morgan fingerprint density at radius 1 is 1.47 bits per heavy atom. The second-order valence-corrected chi connectivity index (χ2v) is 5.37. The van der Waals surface area contributed by atoms with Gasteiger partial charge in [-0.05, 0) is 26.7 Å². The molecule has 1 saturated heterocycles. The molecule has 2 nitrogen and oxygen atoms in total. The average Bonchev–Trinajstić information content (AvgIpc) is 2.70. The summed E-state index contributed by atoms with van der Waals surface area (Å²) < 4.78 is 0. The van der Waals surface area contributed by atoms with E-state index >= 15 is 0 Å². The third kappa shape index (κ3) is 2.11. The maximum Gasteiger partial charge on any atom is 0.0309 e. The van der Waals surface area contributed by atoms with Gasteiger partial charge in [-0.1, -0.05) is 18.9 Å². The van der Waals surface area contributed by atoms with E-state index in [1.807, 2.05) is 0 Å². The maximum absolute atomic E-state index is 3.92. The van der Waals surface area contributed by atoms with Crippen LogP contribution >= 0.6 is 0 Å². The van der Waals surface area contributed by atoms with Crippen LogP contribution in [0.1, 0.15) is 39.5 Å². The Balaban J connectivity index is 2.06. The van der Waals surface area contributed by atoms with Gasteiger partial charge in [0.25, 0.3) is 0 Å². The standard InChI is InChI=1S/C13H24N2/c1-4-11(2)15-10-13(7-5-6-8-13)14-9-12(15)3/h4,11-12,14H,1,5-10H2,2-3H3. The molecular formula is C13H24N2. The largest absolute Gasteiger partial charge is 0.308 e. The van der Waals surface area contributed by atoms with Crippen molar-refractivity contribution < 1.29 is 0 Å². The van der Waals surface area contributed by atoms with Gasteiger partial charge in [0.1, 0.15) is 0 Å². The van der Waals surface area contributed by atoms with Crippen LogP contribution in [0.4, 0.5) is 0 Å². The summed E-state index contributed by atoms with van der Waals surface area (Å²) >= 11 is 0. The SMILES string of the molecule is C=CC(C)N1CC2(CCCC2)NCC1C. The second kappa shape index (κ2) is 4.26. The van der Waals surface area contributed by atoms with E-state index in [4.69, 9.17) is 0 Å². The number of nitrogens with zero attached hydrogens (tertiary/aromatic N) is 1. The molecule has 2 aliphatic rings. The van der Waals surface area contributed by atoms with Crippen LogP contribution < -0.4 is 5.32 Å². The van der Waals surface area contributed by atoms with Crippen LogP contribution in [-0.2, 0) is 0 Å². The molecule has 2 heteroatoms. The van der Waals surface area contributed by atoms with Crippen LogP contribution in [0.5, 0.6) is 0 Å². The molecule has 0 radical (unpaired) electrons. The highest BCUT2D eigenvalue weighted by Crippen LogP contribution is 2.33. The Kier molecular flexibility index (Phi) is 3.17. The number of hydrogen-bond donors (Lipinski definition) is 1. The molecule has 0 aromatic carbocycles. The van der Waals surface area contributed by atoms with Crippen molar-refractivity contribution in [2.24, 2.45) is 0 Å². The topological polar surface area (TPSA) is 15.3 Å². The van der Waals surface area contributed by atoms with Crippen molar-refractivity contribution in [1.29, 1.82) is 0 Å². The molecular weight excluding hydrogens is 184 g/mol. The summed E-state index contributed by atoms with van der Waals surface area (Å²) in [6.07, 6.45) is 7.60. The van der Waals surface area contributed by atoms with E-state index in [1.165, 1.54) is 32.2 Å². The molecule has 0 bridgehead atoms. The van der Waals surface area contributed by atoms with Gasteiger partial charge >= 0.3 is 0 Å². The normalized spacial score (nSPS) is 33.1.